The van der Waals surface area contributed by atoms with Crippen molar-refractivity contribution in [2.45, 2.75) is 51.3 Å². The molecule has 1 aromatic heterocycles. The van der Waals surface area contributed by atoms with Crippen molar-refractivity contribution in [1.29, 1.82) is 0 Å². The average molecular weight is 276 g/mol. The molecule has 0 amide bonds. The summed E-state index contributed by atoms with van der Waals surface area (Å²) in [6, 6.07) is 4.60. The molecule has 2 saturated carbocycles. The minimum atomic E-state index is 0.426. The van der Waals surface area contributed by atoms with E-state index in [1.807, 2.05) is 12.3 Å². The largest absolute Gasteiger partial charge is 0.481 e. The first-order valence-electron chi connectivity index (χ1n) is 7.62. The molecular formula is C16H24N2O2. The fraction of sp³-hybridized carbons (Fsp3) is 0.688. The molecule has 20 heavy (non-hydrogen) atoms. The number of nitrogens with zero attached hydrogens (tertiary/aromatic N) is 1. The van der Waals surface area contributed by atoms with Crippen LogP contribution in [0.25, 0.3) is 0 Å². The highest BCUT2D eigenvalue weighted by molar-refractivity contribution is 5.19. The lowest BCUT2D eigenvalue weighted by molar-refractivity contribution is -0.173. The number of pyridine rings is 1. The summed E-state index contributed by atoms with van der Waals surface area (Å²) in [5.74, 6) is 0.671. The Morgan fingerprint density at radius 1 is 1.40 bits per heavy atom. The quantitative estimate of drug-likeness (QED) is 0.867. The number of ether oxygens (including phenoxy) is 2. The second kappa shape index (κ2) is 5.70. The van der Waals surface area contributed by atoms with Gasteiger partial charge < -0.3 is 14.8 Å². The molecule has 4 nitrogen and oxygen atoms in total. The van der Waals surface area contributed by atoms with Gasteiger partial charge in [0.05, 0.1) is 13.2 Å². The Labute approximate surface area is 120 Å². The summed E-state index contributed by atoms with van der Waals surface area (Å²) in [6.07, 6.45) is 7.50. The van der Waals surface area contributed by atoms with E-state index in [1.165, 1.54) is 24.8 Å². The predicted molar refractivity (Wildman–Crippen MR) is 77.7 cm³/mol. The molecule has 2 atom stereocenters. The van der Waals surface area contributed by atoms with Crippen molar-refractivity contribution in [2.75, 3.05) is 13.7 Å². The number of hydrogen-bond acceptors (Lipinski definition) is 4. The summed E-state index contributed by atoms with van der Waals surface area (Å²) in [5.41, 5.74) is 1.63. The third-order valence-electron chi connectivity index (χ3n) is 5.00. The molecule has 2 unspecified atom stereocenters. The van der Waals surface area contributed by atoms with E-state index >= 15 is 0 Å². The topological polar surface area (TPSA) is 43.4 Å². The normalized spacial score (nSPS) is 26.9. The Bertz CT molecular complexity index is 442. The standard InChI is InChI=1S/C16H24N2O2/c1-3-20-14-9-13(16(14)7-4-8-16)17-10-12-5-6-15(19-2)18-11-12/h5-6,11,13-14,17H,3-4,7-10H2,1-2H3. The molecule has 2 aliphatic rings. The maximum Gasteiger partial charge on any atom is 0.212 e. The molecule has 1 aromatic rings. The minimum absolute atomic E-state index is 0.426. The first-order valence-corrected chi connectivity index (χ1v) is 7.62. The van der Waals surface area contributed by atoms with Crippen molar-refractivity contribution in [3.05, 3.63) is 23.9 Å². The van der Waals surface area contributed by atoms with Crippen LogP contribution < -0.4 is 10.1 Å². The van der Waals surface area contributed by atoms with Gasteiger partial charge in [-0.05, 0) is 31.7 Å². The molecule has 2 fully saturated rings. The summed E-state index contributed by atoms with van der Waals surface area (Å²) in [6.45, 7) is 3.81. The fourth-order valence-electron chi connectivity index (χ4n) is 3.60. The van der Waals surface area contributed by atoms with E-state index in [0.717, 1.165) is 19.6 Å². The maximum absolute atomic E-state index is 5.88. The van der Waals surface area contributed by atoms with E-state index in [0.29, 0.717) is 23.4 Å². The van der Waals surface area contributed by atoms with E-state index in [4.69, 9.17) is 9.47 Å². The molecule has 0 radical (unpaired) electrons. The molecule has 0 aliphatic heterocycles. The summed E-state index contributed by atoms with van der Waals surface area (Å²) >= 11 is 0. The fourth-order valence-corrected chi connectivity index (χ4v) is 3.60. The summed E-state index contributed by atoms with van der Waals surface area (Å²) < 4.78 is 11.0. The van der Waals surface area contributed by atoms with Gasteiger partial charge in [-0.25, -0.2) is 4.98 Å². The molecule has 3 rings (SSSR count). The Kier molecular flexibility index (Phi) is 3.94. The number of aromatic nitrogens is 1. The first kappa shape index (κ1) is 13.8. The highest BCUT2D eigenvalue weighted by Gasteiger charge is 2.58. The zero-order chi connectivity index (χ0) is 14.0. The van der Waals surface area contributed by atoms with Gasteiger partial charge in [-0.3, -0.25) is 0 Å². The Morgan fingerprint density at radius 2 is 2.25 bits per heavy atom. The van der Waals surface area contributed by atoms with Crippen LogP contribution in [0.3, 0.4) is 0 Å². The molecule has 2 aliphatic carbocycles. The van der Waals surface area contributed by atoms with Gasteiger partial charge >= 0.3 is 0 Å². The van der Waals surface area contributed by atoms with Crippen LogP contribution in [0, 0.1) is 5.41 Å². The number of methoxy groups -OCH3 is 1. The zero-order valence-corrected chi connectivity index (χ0v) is 12.4. The third-order valence-corrected chi connectivity index (χ3v) is 5.00. The smallest absolute Gasteiger partial charge is 0.212 e. The maximum atomic E-state index is 5.88. The van der Waals surface area contributed by atoms with Gasteiger partial charge in [0.15, 0.2) is 0 Å². The SMILES string of the molecule is CCOC1CC(NCc2ccc(OC)nc2)C12CCC2. The Hall–Kier alpha value is -1.13. The highest BCUT2D eigenvalue weighted by Crippen LogP contribution is 2.57. The van der Waals surface area contributed by atoms with Crippen LogP contribution in [-0.4, -0.2) is 30.8 Å². The van der Waals surface area contributed by atoms with Crippen molar-refractivity contribution < 1.29 is 9.47 Å². The van der Waals surface area contributed by atoms with Crippen molar-refractivity contribution in [1.82, 2.24) is 10.3 Å². The molecule has 110 valence electrons. The van der Waals surface area contributed by atoms with E-state index in [9.17, 15) is 0 Å². The summed E-state index contributed by atoms with van der Waals surface area (Å²) in [5, 5.41) is 3.69. The van der Waals surface area contributed by atoms with Gasteiger partial charge in [-0.1, -0.05) is 12.5 Å². The lowest BCUT2D eigenvalue weighted by atomic mass is 9.51. The minimum Gasteiger partial charge on any atom is -0.481 e. The monoisotopic (exact) mass is 276 g/mol. The predicted octanol–water partition coefficient (Wildman–Crippen LogP) is 2.53. The molecule has 0 aromatic carbocycles. The van der Waals surface area contributed by atoms with E-state index in [-0.39, 0.29) is 0 Å². The number of rotatable bonds is 6. The van der Waals surface area contributed by atoms with Gasteiger partial charge in [-0.2, -0.15) is 0 Å². The van der Waals surface area contributed by atoms with Crippen molar-refractivity contribution in [3.8, 4) is 5.88 Å². The zero-order valence-electron chi connectivity index (χ0n) is 12.4. The molecule has 1 N–H and O–H groups in total. The molecular weight excluding hydrogens is 252 g/mol. The average Bonchev–Trinajstić information content (AvgIpc) is 2.41. The van der Waals surface area contributed by atoms with Crippen LogP contribution in [0.1, 0.15) is 38.2 Å². The molecule has 4 heteroatoms. The van der Waals surface area contributed by atoms with Gasteiger partial charge in [0.25, 0.3) is 0 Å². The Balaban J connectivity index is 1.53. The first-order chi connectivity index (χ1) is 9.78. The second-order valence-electron chi connectivity index (χ2n) is 5.91. The van der Waals surface area contributed by atoms with Crippen LogP contribution in [0.2, 0.25) is 0 Å². The third kappa shape index (κ3) is 2.31. The molecule has 1 heterocycles. The van der Waals surface area contributed by atoms with E-state index in [1.54, 1.807) is 7.11 Å². The van der Waals surface area contributed by atoms with E-state index in [2.05, 4.69) is 23.3 Å². The van der Waals surface area contributed by atoms with Crippen LogP contribution in [0.5, 0.6) is 5.88 Å². The van der Waals surface area contributed by atoms with Crippen LogP contribution >= 0.6 is 0 Å². The molecule has 0 bridgehead atoms. The van der Waals surface area contributed by atoms with Crippen LogP contribution in [-0.2, 0) is 11.3 Å². The van der Waals surface area contributed by atoms with Crippen molar-refractivity contribution in [2.24, 2.45) is 5.41 Å². The molecule has 1 spiro atoms. The number of hydrogen-bond donors (Lipinski definition) is 1. The highest BCUT2D eigenvalue weighted by atomic mass is 16.5. The van der Waals surface area contributed by atoms with Gasteiger partial charge in [0.2, 0.25) is 5.88 Å². The van der Waals surface area contributed by atoms with Gasteiger partial charge in [-0.15, -0.1) is 0 Å². The summed E-state index contributed by atoms with van der Waals surface area (Å²) in [7, 11) is 1.64. The van der Waals surface area contributed by atoms with Gasteiger partial charge in [0, 0.05) is 36.9 Å². The van der Waals surface area contributed by atoms with E-state index < -0.39 is 0 Å². The van der Waals surface area contributed by atoms with Crippen LogP contribution in [0.15, 0.2) is 18.3 Å². The lowest BCUT2D eigenvalue weighted by Crippen LogP contribution is -2.66. The summed E-state index contributed by atoms with van der Waals surface area (Å²) in [4.78, 5) is 4.25. The van der Waals surface area contributed by atoms with Crippen molar-refractivity contribution in [3.63, 3.8) is 0 Å². The number of nitrogens with one attached hydrogen (secondary N) is 1. The lowest BCUT2D eigenvalue weighted by Gasteiger charge is -2.61. The van der Waals surface area contributed by atoms with Gasteiger partial charge in [0.1, 0.15) is 0 Å². The second-order valence-corrected chi connectivity index (χ2v) is 5.91. The van der Waals surface area contributed by atoms with Crippen molar-refractivity contribution >= 4 is 0 Å². The molecule has 0 saturated heterocycles. The van der Waals surface area contributed by atoms with Crippen LogP contribution in [0.4, 0.5) is 0 Å². The Morgan fingerprint density at radius 3 is 2.80 bits per heavy atom.